The Balaban J connectivity index is 2.50. The van der Waals surface area contributed by atoms with Crippen LogP contribution >= 0.6 is 0 Å². The summed E-state index contributed by atoms with van der Waals surface area (Å²) in [6.45, 7) is 2.87. The van der Waals surface area contributed by atoms with E-state index in [0.717, 1.165) is 30.8 Å². The van der Waals surface area contributed by atoms with Gasteiger partial charge in [0, 0.05) is 6.42 Å². The first-order chi connectivity index (χ1) is 6.86. The van der Waals surface area contributed by atoms with Gasteiger partial charge >= 0.3 is 0 Å². The predicted molar refractivity (Wildman–Crippen MR) is 56.2 cm³/mol. The number of hydrogen-bond acceptors (Lipinski definition) is 2. The molecule has 14 heavy (non-hydrogen) atoms. The minimum absolute atomic E-state index is 0.338. The second kappa shape index (κ2) is 6.19. The quantitative estimate of drug-likeness (QED) is 0.646. The number of ether oxygens (including phenoxy) is 1. The molecule has 0 aliphatic heterocycles. The molecule has 0 aromatic heterocycles. The fourth-order valence-corrected chi connectivity index (χ4v) is 1.16. The molecule has 1 aromatic carbocycles. The topological polar surface area (TPSA) is 26.3 Å². The van der Waals surface area contributed by atoms with Gasteiger partial charge in [-0.1, -0.05) is 25.5 Å². The molecule has 0 saturated heterocycles. The van der Waals surface area contributed by atoms with Gasteiger partial charge in [0.2, 0.25) is 6.29 Å². The average molecular weight is 191 g/mol. The van der Waals surface area contributed by atoms with Crippen molar-refractivity contribution >= 4 is 6.29 Å². The lowest BCUT2D eigenvalue weighted by atomic mass is 10.1. The molecule has 0 saturated carbocycles. The predicted octanol–water partition coefficient (Wildman–Crippen LogP) is 2.52. The molecule has 1 radical (unpaired) electrons. The summed E-state index contributed by atoms with van der Waals surface area (Å²) in [5.41, 5.74) is 0.953. The lowest BCUT2D eigenvalue weighted by molar-refractivity contribution is 0.309. The van der Waals surface area contributed by atoms with E-state index < -0.39 is 0 Å². The molecule has 1 aromatic rings. The Morgan fingerprint density at radius 3 is 3.00 bits per heavy atom. The molecule has 0 heterocycles. The Bertz CT molecular complexity index is 281. The molecule has 75 valence electrons. The van der Waals surface area contributed by atoms with Gasteiger partial charge in [-0.2, -0.15) is 0 Å². The Morgan fingerprint density at radius 2 is 2.29 bits per heavy atom. The van der Waals surface area contributed by atoms with Gasteiger partial charge < -0.3 is 4.74 Å². The molecule has 0 aliphatic rings. The van der Waals surface area contributed by atoms with Gasteiger partial charge in [-0.05, 0) is 24.1 Å². The van der Waals surface area contributed by atoms with Gasteiger partial charge in [0.05, 0.1) is 6.61 Å². The number of unbranched alkanes of at least 4 members (excludes halogenated alkanes) is 1. The third-order valence-corrected chi connectivity index (χ3v) is 1.94. The van der Waals surface area contributed by atoms with Crippen molar-refractivity contribution in [1.29, 1.82) is 0 Å². The molecule has 0 fully saturated rings. The van der Waals surface area contributed by atoms with E-state index in [0.29, 0.717) is 6.42 Å². The SMILES string of the molecule is CCCCOc1cccc(C[C]=O)c1. The normalized spacial score (nSPS) is 9.79. The first-order valence-electron chi connectivity index (χ1n) is 4.93. The minimum atomic E-state index is 0.338. The van der Waals surface area contributed by atoms with Crippen molar-refractivity contribution < 1.29 is 9.53 Å². The van der Waals surface area contributed by atoms with Crippen LogP contribution in [0.3, 0.4) is 0 Å². The van der Waals surface area contributed by atoms with Gasteiger partial charge in [-0.25, -0.2) is 0 Å². The number of benzene rings is 1. The molecule has 0 unspecified atom stereocenters. The fraction of sp³-hybridized carbons (Fsp3) is 0.417. The van der Waals surface area contributed by atoms with Crippen LogP contribution in [-0.4, -0.2) is 12.9 Å². The van der Waals surface area contributed by atoms with Gasteiger partial charge in [0.25, 0.3) is 0 Å². The zero-order valence-corrected chi connectivity index (χ0v) is 8.45. The number of carbonyl (C=O) groups excluding carboxylic acids is 1. The standard InChI is InChI=1S/C12H15O2/c1-2-3-9-14-12-6-4-5-11(10-12)7-8-13/h4-6,10H,2-3,7,9H2,1H3. The van der Waals surface area contributed by atoms with Crippen LogP contribution < -0.4 is 4.74 Å². The first-order valence-corrected chi connectivity index (χ1v) is 4.93. The van der Waals surface area contributed by atoms with Gasteiger partial charge in [-0.15, -0.1) is 0 Å². The average Bonchev–Trinajstić information content (AvgIpc) is 2.19. The maximum atomic E-state index is 10.2. The van der Waals surface area contributed by atoms with E-state index in [1.54, 1.807) is 0 Å². The highest BCUT2D eigenvalue weighted by Crippen LogP contribution is 2.13. The Kier molecular flexibility index (Phi) is 4.76. The summed E-state index contributed by atoms with van der Waals surface area (Å²) in [5, 5.41) is 0. The highest BCUT2D eigenvalue weighted by molar-refractivity contribution is 5.56. The molecule has 2 heteroatoms. The monoisotopic (exact) mass is 191 g/mol. The third kappa shape index (κ3) is 3.60. The van der Waals surface area contributed by atoms with Crippen LogP contribution in [-0.2, 0) is 11.2 Å². The van der Waals surface area contributed by atoms with Crippen molar-refractivity contribution in [2.24, 2.45) is 0 Å². The molecule has 0 atom stereocenters. The van der Waals surface area contributed by atoms with E-state index in [-0.39, 0.29) is 0 Å². The van der Waals surface area contributed by atoms with E-state index in [1.165, 1.54) is 0 Å². The maximum absolute atomic E-state index is 10.2. The van der Waals surface area contributed by atoms with E-state index in [1.807, 2.05) is 30.6 Å². The molecular formula is C12H15O2. The molecule has 2 nitrogen and oxygen atoms in total. The summed E-state index contributed by atoms with van der Waals surface area (Å²) in [6.07, 6.45) is 4.40. The largest absolute Gasteiger partial charge is 0.494 e. The second-order valence-corrected chi connectivity index (χ2v) is 3.17. The van der Waals surface area contributed by atoms with Crippen LogP contribution in [0.25, 0.3) is 0 Å². The maximum Gasteiger partial charge on any atom is 0.203 e. The first kappa shape index (κ1) is 10.8. The number of rotatable bonds is 6. The van der Waals surface area contributed by atoms with Crippen LogP contribution in [0.2, 0.25) is 0 Å². The zero-order chi connectivity index (χ0) is 10.2. The van der Waals surface area contributed by atoms with Crippen molar-refractivity contribution in [2.75, 3.05) is 6.61 Å². The van der Waals surface area contributed by atoms with E-state index in [4.69, 9.17) is 4.74 Å². The summed E-state index contributed by atoms with van der Waals surface area (Å²) in [5.74, 6) is 0.839. The Labute approximate surface area is 84.9 Å². The van der Waals surface area contributed by atoms with Crippen molar-refractivity contribution in [3.63, 3.8) is 0 Å². The molecule has 0 bridgehead atoms. The molecule has 1 rings (SSSR count). The molecule has 0 N–H and O–H groups in total. The van der Waals surface area contributed by atoms with Crippen molar-refractivity contribution in [2.45, 2.75) is 26.2 Å². The van der Waals surface area contributed by atoms with Gasteiger partial charge in [0.15, 0.2) is 0 Å². The molecule has 0 aliphatic carbocycles. The number of hydrogen-bond donors (Lipinski definition) is 0. The van der Waals surface area contributed by atoms with Gasteiger partial charge in [0.1, 0.15) is 5.75 Å². The third-order valence-electron chi connectivity index (χ3n) is 1.94. The van der Waals surface area contributed by atoms with Crippen molar-refractivity contribution in [3.05, 3.63) is 29.8 Å². The second-order valence-electron chi connectivity index (χ2n) is 3.17. The van der Waals surface area contributed by atoms with Crippen molar-refractivity contribution in [3.8, 4) is 5.75 Å². The molecule has 0 amide bonds. The zero-order valence-electron chi connectivity index (χ0n) is 8.45. The van der Waals surface area contributed by atoms with E-state index >= 15 is 0 Å². The van der Waals surface area contributed by atoms with Crippen LogP contribution in [0.5, 0.6) is 5.75 Å². The summed E-state index contributed by atoms with van der Waals surface area (Å²) in [6, 6.07) is 7.59. The summed E-state index contributed by atoms with van der Waals surface area (Å²) in [4.78, 5) is 10.2. The summed E-state index contributed by atoms with van der Waals surface area (Å²) < 4.78 is 5.50. The lowest BCUT2D eigenvalue weighted by Gasteiger charge is -2.05. The summed E-state index contributed by atoms with van der Waals surface area (Å²) in [7, 11) is 0. The molecule has 0 spiro atoms. The highest BCUT2D eigenvalue weighted by Gasteiger charge is 1.96. The fourth-order valence-electron chi connectivity index (χ4n) is 1.16. The molecular weight excluding hydrogens is 176 g/mol. The van der Waals surface area contributed by atoms with Crippen molar-refractivity contribution in [1.82, 2.24) is 0 Å². The summed E-state index contributed by atoms with van der Waals surface area (Å²) >= 11 is 0. The van der Waals surface area contributed by atoms with Crippen LogP contribution in [0, 0.1) is 0 Å². The van der Waals surface area contributed by atoms with E-state index in [2.05, 4.69) is 6.92 Å². The van der Waals surface area contributed by atoms with E-state index in [9.17, 15) is 4.79 Å². The minimum Gasteiger partial charge on any atom is -0.494 e. The van der Waals surface area contributed by atoms with Gasteiger partial charge in [-0.3, -0.25) is 4.79 Å². The Hall–Kier alpha value is -1.31. The van der Waals surface area contributed by atoms with Crippen LogP contribution in [0.1, 0.15) is 25.3 Å². The lowest BCUT2D eigenvalue weighted by Crippen LogP contribution is -1.97. The van der Waals surface area contributed by atoms with Crippen LogP contribution in [0.15, 0.2) is 24.3 Å². The Morgan fingerprint density at radius 1 is 1.43 bits per heavy atom. The highest BCUT2D eigenvalue weighted by atomic mass is 16.5. The van der Waals surface area contributed by atoms with Crippen LogP contribution in [0.4, 0.5) is 0 Å². The smallest absolute Gasteiger partial charge is 0.203 e.